The quantitative estimate of drug-likeness (QED) is 0.398. The van der Waals surface area contributed by atoms with Crippen LogP contribution in [0.25, 0.3) is 0 Å². The first kappa shape index (κ1) is 21.9. The van der Waals surface area contributed by atoms with E-state index in [1.807, 2.05) is 19.1 Å². The summed E-state index contributed by atoms with van der Waals surface area (Å²) in [6, 6.07) is 12.5. The summed E-state index contributed by atoms with van der Waals surface area (Å²) < 4.78 is 7.27. The van der Waals surface area contributed by atoms with Crippen molar-refractivity contribution in [1.29, 1.82) is 0 Å². The van der Waals surface area contributed by atoms with Gasteiger partial charge in [0.25, 0.3) is 0 Å². The summed E-state index contributed by atoms with van der Waals surface area (Å²) in [5, 5.41) is 8.45. The second-order valence-electron chi connectivity index (χ2n) is 7.07. The Labute approximate surface area is 184 Å². The van der Waals surface area contributed by atoms with E-state index in [-0.39, 0.29) is 5.91 Å². The molecule has 1 amide bonds. The third-order valence-electron chi connectivity index (χ3n) is 4.33. The van der Waals surface area contributed by atoms with Crippen LogP contribution in [0.4, 0.5) is 0 Å². The van der Waals surface area contributed by atoms with Crippen molar-refractivity contribution in [3.8, 4) is 0 Å². The van der Waals surface area contributed by atoms with E-state index in [1.165, 1.54) is 34.2 Å². The highest BCUT2D eigenvalue weighted by molar-refractivity contribution is 8.03. The largest absolute Gasteiger partial charge is 0.464 e. The third-order valence-corrected chi connectivity index (χ3v) is 7.58. The van der Waals surface area contributed by atoms with Crippen LogP contribution in [0.1, 0.15) is 42.4 Å². The number of carbonyl (C=O) groups is 1. The van der Waals surface area contributed by atoms with Gasteiger partial charge in [-0.2, -0.15) is 0 Å². The average molecular weight is 448 g/mol. The lowest BCUT2D eigenvalue weighted by Crippen LogP contribution is -2.27. The van der Waals surface area contributed by atoms with Gasteiger partial charge in [0.2, 0.25) is 5.91 Å². The van der Waals surface area contributed by atoms with E-state index in [2.05, 4.69) is 48.3 Å². The molecule has 0 fully saturated rings. The molecule has 0 saturated heterocycles. The second-order valence-corrected chi connectivity index (χ2v) is 10.5. The molecule has 8 heteroatoms. The third kappa shape index (κ3) is 6.62. The molecule has 3 aromatic rings. The van der Waals surface area contributed by atoms with Crippen molar-refractivity contribution in [3.05, 3.63) is 59.0 Å². The lowest BCUT2D eigenvalue weighted by molar-refractivity contribution is -0.127. The summed E-state index contributed by atoms with van der Waals surface area (Å²) in [6.45, 7) is 6.77. The maximum atomic E-state index is 12.3. The van der Waals surface area contributed by atoms with Crippen LogP contribution >= 0.6 is 34.9 Å². The van der Waals surface area contributed by atoms with Gasteiger partial charge in [0.1, 0.15) is 11.5 Å². The lowest BCUT2D eigenvalue weighted by Gasteiger charge is -2.14. The molecule has 0 aliphatic heterocycles. The van der Waals surface area contributed by atoms with Gasteiger partial charge in [-0.25, -0.2) is 0 Å². The zero-order valence-electron chi connectivity index (χ0n) is 17.0. The first-order valence-corrected chi connectivity index (χ1v) is 12.2. The summed E-state index contributed by atoms with van der Waals surface area (Å²) >= 11 is 4.64. The molecule has 0 unspecified atom stereocenters. The van der Waals surface area contributed by atoms with Gasteiger partial charge in [0.15, 0.2) is 8.68 Å². The Morgan fingerprint density at radius 1 is 1.10 bits per heavy atom. The minimum Gasteiger partial charge on any atom is -0.464 e. The number of furan rings is 1. The molecule has 0 saturated carbocycles. The minimum atomic E-state index is 0.0405. The van der Waals surface area contributed by atoms with Crippen LogP contribution in [0, 0.1) is 6.92 Å². The minimum absolute atomic E-state index is 0.0405. The molecule has 5 nitrogen and oxygen atoms in total. The smallest absolute Gasteiger partial charge is 0.233 e. The highest BCUT2D eigenvalue weighted by atomic mass is 32.2. The molecule has 0 bridgehead atoms. The van der Waals surface area contributed by atoms with Crippen LogP contribution in [0.15, 0.2) is 49.5 Å². The number of thioether (sulfide) groups is 2. The summed E-state index contributed by atoms with van der Waals surface area (Å²) in [5.41, 5.74) is 2.62. The standard InChI is InChI=1S/C21H25N3O2S3/c1-14(2)17-8-6-16(7-9-17)12-27-20-22-23-21(29-20)28-13-19(25)24(4)11-18-10-5-15(3)26-18/h5-10,14H,11-13H2,1-4H3. The first-order valence-electron chi connectivity index (χ1n) is 9.38. The number of amides is 1. The Morgan fingerprint density at radius 3 is 2.41 bits per heavy atom. The van der Waals surface area contributed by atoms with Crippen LogP contribution in [-0.4, -0.2) is 33.8 Å². The van der Waals surface area contributed by atoms with E-state index in [0.29, 0.717) is 18.2 Å². The number of aryl methyl sites for hydroxylation is 1. The van der Waals surface area contributed by atoms with Crippen LogP contribution in [0.5, 0.6) is 0 Å². The molecular formula is C21H25N3O2S3. The van der Waals surface area contributed by atoms with Gasteiger partial charge in [-0.05, 0) is 36.1 Å². The van der Waals surface area contributed by atoms with E-state index >= 15 is 0 Å². The Hall–Kier alpha value is -1.77. The molecule has 0 spiro atoms. The van der Waals surface area contributed by atoms with Crippen molar-refractivity contribution in [3.63, 3.8) is 0 Å². The molecule has 3 rings (SSSR count). The molecule has 0 atom stereocenters. The van der Waals surface area contributed by atoms with Gasteiger partial charge in [0, 0.05) is 12.8 Å². The van der Waals surface area contributed by atoms with Crippen molar-refractivity contribution in [2.75, 3.05) is 12.8 Å². The SMILES string of the molecule is Cc1ccc(CN(C)C(=O)CSc2nnc(SCc3ccc(C(C)C)cc3)s2)o1. The summed E-state index contributed by atoms with van der Waals surface area (Å²) in [7, 11) is 1.78. The van der Waals surface area contributed by atoms with Crippen molar-refractivity contribution >= 4 is 40.8 Å². The number of rotatable bonds is 9. The molecule has 2 heterocycles. The topological polar surface area (TPSA) is 59.2 Å². The zero-order chi connectivity index (χ0) is 20.8. The molecule has 154 valence electrons. The number of hydrogen-bond acceptors (Lipinski definition) is 7. The Kier molecular flexibility index (Phi) is 7.80. The fraction of sp³-hybridized carbons (Fsp3) is 0.381. The van der Waals surface area contributed by atoms with E-state index in [1.54, 1.807) is 23.7 Å². The monoisotopic (exact) mass is 447 g/mol. The summed E-state index contributed by atoms with van der Waals surface area (Å²) in [6.07, 6.45) is 0. The lowest BCUT2D eigenvalue weighted by atomic mass is 10.0. The zero-order valence-corrected chi connectivity index (χ0v) is 19.5. The first-order chi connectivity index (χ1) is 13.9. The van der Waals surface area contributed by atoms with Crippen molar-refractivity contribution in [1.82, 2.24) is 15.1 Å². The van der Waals surface area contributed by atoms with Gasteiger partial charge in [-0.3, -0.25) is 4.79 Å². The average Bonchev–Trinajstić information content (AvgIpc) is 3.33. The molecule has 0 aliphatic rings. The number of aromatic nitrogens is 2. The van der Waals surface area contributed by atoms with Crippen LogP contribution < -0.4 is 0 Å². The van der Waals surface area contributed by atoms with Gasteiger partial charge in [-0.15, -0.1) is 10.2 Å². The Morgan fingerprint density at radius 2 is 1.79 bits per heavy atom. The molecular weight excluding hydrogens is 422 g/mol. The molecule has 29 heavy (non-hydrogen) atoms. The van der Waals surface area contributed by atoms with Gasteiger partial charge in [-0.1, -0.05) is 73.0 Å². The molecule has 2 aromatic heterocycles. The highest BCUT2D eigenvalue weighted by Gasteiger charge is 2.14. The highest BCUT2D eigenvalue weighted by Crippen LogP contribution is 2.31. The maximum absolute atomic E-state index is 12.3. The van der Waals surface area contributed by atoms with Crippen LogP contribution in [-0.2, 0) is 17.1 Å². The van der Waals surface area contributed by atoms with E-state index < -0.39 is 0 Å². The van der Waals surface area contributed by atoms with Crippen LogP contribution in [0.3, 0.4) is 0 Å². The van der Waals surface area contributed by atoms with E-state index in [9.17, 15) is 4.79 Å². The molecule has 0 radical (unpaired) electrons. The van der Waals surface area contributed by atoms with Gasteiger partial charge in [0.05, 0.1) is 12.3 Å². The van der Waals surface area contributed by atoms with Gasteiger partial charge < -0.3 is 9.32 Å². The second kappa shape index (κ2) is 10.3. The number of carbonyl (C=O) groups excluding carboxylic acids is 1. The number of nitrogens with zero attached hydrogens (tertiary/aromatic N) is 3. The Bertz CT molecular complexity index is 935. The van der Waals surface area contributed by atoms with Gasteiger partial charge >= 0.3 is 0 Å². The molecule has 1 aromatic carbocycles. The molecule has 0 N–H and O–H groups in total. The Balaban J connectivity index is 1.44. The molecule has 0 aliphatic carbocycles. The predicted octanol–water partition coefficient (Wildman–Crippen LogP) is 5.61. The van der Waals surface area contributed by atoms with Crippen molar-refractivity contribution in [2.45, 2.75) is 47.7 Å². The van der Waals surface area contributed by atoms with E-state index in [0.717, 1.165) is 26.0 Å². The summed E-state index contributed by atoms with van der Waals surface area (Å²) in [5.74, 6) is 3.43. The van der Waals surface area contributed by atoms with Crippen molar-refractivity contribution in [2.24, 2.45) is 0 Å². The normalized spacial score (nSPS) is 11.2. The van der Waals surface area contributed by atoms with Crippen molar-refractivity contribution < 1.29 is 9.21 Å². The fourth-order valence-corrected chi connectivity index (χ4v) is 5.50. The van der Waals surface area contributed by atoms with Crippen LogP contribution in [0.2, 0.25) is 0 Å². The number of hydrogen-bond donors (Lipinski definition) is 0. The summed E-state index contributed by atoms with van der Waals surface area (Å²) in [4.78, 5) is 14.0. The predicted molar refractivity (Wildman–Crippen MR) is 121 cm³/mol. The fourth-order valence-electron chi connectivity index (χ4n) is 2.58. The maximum Gasteiger partial charge on any atom is 0.233 e. The van der Waals surface area contributed by atoms with E-state index in [4.69, 9.17) is 4.42 Å². The number of benzene rings is 1.